The topological polar surface area (TPSA) is 305 Å². The molecular weight excluding hydrogens is 1160 g/mol. The minimum absolute atomic E-state index is 0.00148. The van der Waals surface area contributed by atoms with Crippen molar-refractivity contribution < 1.29 is 85.8 Å². The van der Waals surface area contributed by atoms with Gasteiger partial charge in [-0.05, 0) is 54.1 Å². The molecule has 86 heavy (non-hydrogen) atoms. The smallest absolute Gasteiger partial charge is 0.407 e. The predicted octanol–water partition coefficient (Wildman–Crippen LogP) is 5.47. The van der Waals surface area contributed by atoms with Gasteiger partial charge in [0.2, 0.25) is 23.6 Å². The van der Waals surface area contributed by atoms with Gasteiger partial charge in [-0.25, -0.2) is 18.4 Å². The average Bonchev–Trinajstić information content (AvgIpc) is 1.81. The molecule has 3 atom stereocenters. The molecule has 0 saturated heterocycles. The number of ether oxygens (including phenoxy) is 5. The number of aliphatic carboxylic acids is 2. The Morgan fingerprint density at radius 1 is 0.744 bits per heavy atom. The number of hydrogen-bond donors (Lipinski definition) is 5. The molecular formula is C59H83F2N7O16SSi. The number of carboxylic acids is 2. The van der Waals surface area contributed by atoms with Crippen LogP contribution in [0.2, 0.25) is 25.7 Å². The van der Waals surface area contributed by atoms with Crippen LogP contribution in [0, 0.1) is 17.0 Å². The van der Waals surface area contributed by atoms with Crippen molar-refractivity contribution in [3.63, 3.8) is 0 Å². The summed E-state index contributed by atoms with van der Waals surface area (Å²) in [5.41, 5.74) is 6.69. The molecule has 0 unspecified atom stereocenters. The maximum atomic E-state index is 15.5. The molecule has 7 amide bonds. The van der Waals surface area contributed by atoms with E-state index in [0.717, 1.165) is 58.6 Å². The normalized spacial score (nSPS) is 13.5. The second kappa shape index (κ2) is 36.3. The van der Waals surface area contributed by atoms with E-state index in [0.29, 0.717) is 16.2 Å². The van der Waals surface area contributed by atoms with Crippen LogP contribution in [-0.2, 0) is 68.6 Å². The van der Waals surface area contributed by atoms with E-state index in [9.17, 15) is 57.8 Å². The molecule has 474 valence electrons. The Morgan fingerprint density at radius 2 is 1.36 bits per heavy atom. The van der Waals surface area contributed by atoms with Crippen LogP contribution in [0.3, 0.4) is 0 Å². The molecule has 0 aliphatic carbocycles. The van der Waals surface area contributed by atoms with E-state index < -0.39 is 116 Å². The molecule has 27 heteroatoms. The number of aromatic nitrogens is 1. The summed E-state index contributed by atoms with van der Waals surface area (Å²) >= 11 is 0.845. The summed E-state index contributed by atoms with van der Waals surface area (Å²) in [6.45, 7) is 14.0. The lowest BCUT2D eigenvalue weighted by Crippen LogP contribution is -2.51. The molecule has 4 rings (SSSR count). The van der Waals surface area contributed by atoms with Gasteiger partial charge >= 0.3 is 18.0 Å². The Morgan fingerprint density at radius 3 is 1.97 bits per heavy atom. The number of rotatable bonds is 40. The van der Waals surface area contributed by atoms with Crippen molar-refractivity contribution in [2.45, 2.75) is 103 Å². The summed E-state index contributed by atoms with van der Waals surface area (Å²) in [4.78, 5) is 118. The Kier molecular flexibility index (Phi) is 30.2. The molecule has 2 aromatic carbocycles. The van der Waals surface area contributed by atoms with Crippen molar-refractivity contribution >= 4 is 73.3 Å². The summed E-state index contributed by atoms with van der Waals surface area (Å²) in [6.07, 6.45) is 2.10. The molecule has 0 radical (unpaired) electrons. The molecule has 0 fully saturated rings. The van der Waals surface area contributed by atoms with Crippen LogP contribution in [0.5, 0.6) is 0 Å². The van der Waals surface area contributed by atoms with Crippen molar-refractivity contribution in [1.82, 2.24) is 29.9 Å². The minimum Gasteiger partial charge on any atom is -0.480 e. The first-order valence-electron chi connectivity index (χ1n) is 28.4. The number of nitrogens with one attached hydrogen (secondary N) is 2. The fraction of sp³-hybridized carbons (Fsp3) is 0.542. The molecule has 1 aromatic heterocycles. The summed E-state index contributed by atoms with van der Waals surface area (Å²) in [6, 6.07) is 10.9. The van der Waals surface area contributed by atoms with Gasteiger partial charge in [0.1, 0.15) is 23.7 Å². The highest BCUT2D eigenvalue weighted by molar-refractivity contribution is 8.00. The zero-order valence-corrected chi connectivity index (χ0v) is 51.7. The van der Waals surface area contributed by atoms with Gasteiger partial charge in [-0.15, -0.1) is 11.8 Å². The Hall–Kier alpha value is -6.88. The van der Waals surface area contributed by atoms with Crippen LogP contribution in [-0.4, -0.2) is 200 Å². The first kappa shape index (κ1) is 71.6. The number of nitrogens with two attached hydrogens (primary N) is 1. The minimum atomic E-state index is -1.83. The van der Waals surface area contributed by atoms with Gasteiger partial charge in [-0.1, -0.05) is 70.7 Å². The van der Waals surface area contributed by atoms with Crippen LogP contribution >= 0.6 is 11.8 Å². The van der Waals surface area contributed by atoms with Crippen LogP contribution < -0.4 is 16.4 Å². The summed E-state index contributed by atoms with van der Waals surface area (Å²) in [7, 11) is -1.50. The maximum absolute atomic E-state index is 15.5. The van der Waals surface area contributed by atoms with Crippen molar-refractivity contribution in [1.29, 1.82) is 0 Å². The zero-order chi connectivity index (χ0) is 63.4. The predicted molar refractivity (Wildman–Crippen MR) is 318 cm³/mol. The van der Waals surface area contributed by atoms with Crippen molar-refractivity contribution in [2.75, 3.05) is 97.1 Å². The SMILES string of the molecule is CC(C)(C)[C@H](c1cc(-c2cc(F)ccc2F)cn1Cc1ccccc1)N(CCCNC(=O)OCC[Si](C)(C)C)C(=O)CSC[C@@H](C(=O)O)N(C(=O)CCOCCOCCOCCOCCNC(=O)CCN1C(=O)C=CC1=O)C(=O)CC[C@H](N)C(=O)O. The van der Waals surface area contributed by atoms with E-state index in [4.69, 9.17) is 29.4 Å². The van der Waals surface area contributed by atoms with Gasteiger partial charge in [0.15, 0.2) is 0 Å². The number of imide groups is 2. The highest BCUT2D eigenvalue weighted by Crippen LogP contribution is 2.41. The summed E-state index contributed by atoms with van der Waals surface area (Å²) < 4.78 is 59.5. The highest BCUT2D eigenvalue weighted by atomic mass is 32.2. The van der Waals surface area contributed by atoms with Crippen molar-refractivity contribution in [3.8, 4) is 11.1 Å². The average molecular weight is 1240 g/mol. The number of thioether (sulfide) groups is 1. The monoisotopic (exact) mass is 1240 g/mol. The number of hydrogen-bond acceptors (Lipinski definition) is 16. The quantitative estimate of drug-likeness (QED) is 0.0268. The third-order valence-corrected chi connectivity index (χ3v) is 16.0. The van der Waals surface area contributed by atoms with Gasteiger partial charge in [0.25, 0.3) is 11.8 Å². The van der Waals surface area contributed by atoms with Crippen molar-refractivity contribution in [2.24, 2.45) is 11.1 Å². The number of halogens is 2. The highest BCUT2D eigenvalue weighted by Gasteiger charge is 2.39. The lowest BCUT2D eigenvalue weighted by Gasteiger charge is -2.41. The zero-order valence-electron chi connectivity index (χ0n) is 49.9. The van der Waals surface area contributed by atoms with Crippen LogP contribution in [0.4, 0.5) is 13.6 Å². The summed E-state index contributed by atoms with van der Waals surface area (Å²) in [5.74, 6) is -8.83. The second-order valence-electron chi connectivity index (χ2n) is 22.4. The largest absolute Gasteiger partial charge is 0.480 e. The fourth-order valence-electron chi connectivity index (χ4n) is 8.81. The molecule has 1 aliphatic rings. The van der Waals surface area contributed by atoms with Gasteiger partial charge in [-0.3, -0.25) is 43.4 Å². The molecule has 0 saturated carbocycles. The maximum Gasteiger partial charge on any atom is 0.407 e. The first-order valence-corrected chi connectivity index (χ1v) is 33.3. The fourth-order valence-corrected chi connectivity index (χ4v) is 10.5. The van der Waals surface area contributed by atoms with E-state index in [-0.39, 0.29) is 122 Å². The number of amides is 7. The Bertz CT molecular complexity index is 2760. The number of carbonyl (C=O) groups excluding carboxylic acids is 7. The van der Waals surface area contributed by atoms with E-state index >= 15 is 4.39 Å². The van der Waals surface area contributed by atoms with E-state index in [1.807, 2.05) is 55.7 Å². The lowest BCUT2D eigenvalue weighted by atomic mass is 9.83. The molecule has 23 nitrogen and oxygen atoms in total. The van der Waals surface area contributed by atoms with Crippen LogP contribution in [0.25, 0.3) is 11.1 Å². The third kappa shape index (κ3) is 25.2. The van der Waals surface area contributed by atoms with Crippen molar-refractivity contribution in [3.05, 3.63) is 95.8 Å². The van der Waals surface area contributed by atoms with Gasteiger partial charge in [0, 0.05) is 94.6 Å². The van der Waals surface area contributed by atoms with E-state index in [2.05, 4.69) is 30.3 Å². The lowest BCUT2D eigenvalue weighted by molar-refractivity contribution is -0.157. The van der Waals surface area contributed by atoms with Crippen LogP contribution in [0.15, 0.2) is 72.9 Å². The second-order valence-corrected chi connectivity index (χ2v) is 29.1. The van der Waals surface area contributed by atoms with Gasteiger partial charge in [-0.2, -0.15) is 0 Å². The number of nitrogens with zero attached hydrogens (tertiary/aromatic N) is 4. The standard InChI is InChI=1S/C59H83F2N7O16SSi/c1-59(2,3)55(47-35-42(44-36-43(60)13-14-45(44)61)38-65(47)37-41-11-8-7-9-12-41)67(23-10-21-64-58(79)84-33-34-86(4,5)6)54(74)40-85-39-48(57(77)78)68(52(72)16-15-46(62)56(75)76)53(73)20-25-80-27-29-82-31-32-83-30-28-81-26-22-63-49(69)19-24-66-50(70)17-18-51(66)71/h7-9,11-14,17-18,35-36,38,46,48,55H,10,15-16,19-34,37,39-40,62H2,1-6H3,(H,63,69)(H,64,79)(H,75,76)(H,77,78)/t46-,48-,55-/m0/s1. The molecule has 6 N–H and O–H groups in total. The van der Waals surface area contributed by atoms with Crippen LogP contribution in [0.1, 0.15) is 70.2 Å². The van der Waals surface area contributed by atoms with E-state index in [1.54, 1.807) is 17.2 Å². The number of benzene rings is 2. The molecule has 0 spiro atoms. The summed E-state index contributed by atoms with van der Waals surface area (Å²) in [5, 5.41) is 25.4. The van der Waals surface area contributed by atoms with Gasteiger partial charge in [0.05, 0.1) is 77.7 Å². The molecule has 1 aliphatic heterocycles. The molecule has 3 aromatic rings. The third-order valence-electron chi connectivity index (χ3n) is 13.3. The molecule has 2 heterocycles. The van der Waals surface area contributed by atoms with Gasteiger partial charge < -0.3 is 59.7 Å². The molecule has 0 bridgehead atoms. The number of carbonyl (C=O) groups is 9. The number of carboxylic acid groups (broad SMARTS) is 2. The number of alkyl carbamates (subject to hydrolysis) is 1. The Balaban J connectivity index is 1.41. The van der Waals surface area contributed by atoms with E-state index in [1.165, 1.54) is 0 Å². The first-order chi connectivity index (χ1) is 40.8. The Labute approximate surface area is 505 Å².